The Morgan fingerprint density at radius 3 is 2.38 bits per heavy atom. The molecule has 9 nitrogen and oxygen atoms in total. The number of hydrogen-bond donors (Lipinski definition) is 0. The van der Waals surface area contributed by atoms with Crippen LogP contribution in [0, 0.1) is 0 Å². The van der Waals surface area contributed by atoms with Gasteiger partial charge in [0.15, 0.2) is 0 Å². The lowest BCUT2D eigenvalue weighted by Gasteiger charge is -2.35. The van der Waals surface area contributed by atoms with Gasteiger partial charge < -0.3 is 19.3 Å². The van der Waals surface area contributed by atoms with E-state index in [2.05, 4.69) is 14.8 Å². The summed E-state index contributed by atoms with van der Waals surface area (Å²) in [5.41, 5.74) is 0.698. The zero-order valence-electron chi connectivity index (χ0n) is 20.1. The Balaban J connectivity index is 2.04. The maximum atomic E-state index is 12.7. The molecular formula is C23H36N4O5. The van der Waals surface area contributed by atoms with Crippen LogP contribution in [0.3, 0.4) is 0 Å². The highest BCUT2D eigenvalue weighted by molar-refractivity contribution is 5.97. The van der Waals surface area contributed by atoms with Crippen LogP contribution in [0.4, 0.5) is 10.6 Å². The fourth-order valence-corrected chi connectivity index (χ4v) is 3.31. The van der Waals surface area contributed by atoms with Gasteiger partial charge in [0.1, 0.15) is 12.4 Å². The topological polar surface area (TPSA) is 92.3 Å². The monoisotopic (exact) mass is 448 g/mol. The number of amides is 1. The van der Waals surface area contributed by atoms with Gasteiger partial charge in [-0.05, 0) is 38.8 Å². The summed E-state index contributed by atoms with van der Waals surface area (Å²) in [4.78, 5) is 46.2. The molecule has 0 saturated carbocycles. The van der Waals surface area contributed by atoms with Crippen molar-refractivity contribution in [2.45, 2.75) is 53.0 Å². The minimum absolute atomic E-state index is 0.262. The van der Waals surface area contributed by atoms with E-state index in [1.807, 2.05) is 33.8 Å². The van der Waals surface area contributed by atoms with Crippen LogP contribution >= 0.6 is 0 Å². The molecule has 0 radical (unpaired) electrons. The van der Waals surface area contributed by atoms with E-state index in [9.17, 15) is 14.4 Å². The van der Waals surface area contributed by atoms with Crippen LogP contribution in [0.15, 0.2) is 12.3 Å². The first-order valence-corrected chi connectivity index (χ1v) is 11.1. The molecule has 1 aliphatic rings. The molecule has 1 aromatic rings. The first-order valence-electron chi connectivity index (χ1n) is 11.1. The quantitative estimate of drug-likeness (QED) is 0.464. The molecule has 178 valence electrons. The van der Waals surface area contributed by atoms with Gasteiger partial charge in [0.25, 0.3) is 0 Å². The third kappa shape index (κ3) is 7.19. The molecule has 0 spiro atoms. The fourth-order valence-electron chi connectivity index (χ4n) is 3.31. The van der Waals surface area contributed by atoms with Gasteiger partial charge in [0.2, 0.25) is 0 Å². The largest absolute Gasteiger partial charge is 0.465 e. The van der Waals surface area contributed by atoms with Gasteiger partial charge in [0.05, 0.1) is 5.56 Å². The molecule has 1 saturated heterocycles. The smallest absolute Gasteiger partial charge is 0.417 e. The molecular weight excluding hydrogens is 412 g/mol. The minimum atomic E-state index is -0.682. The number of piperazine rings is 1. The van der Waals surface area contributed by atoms with E-state index in [-0.39, 0.29) is 5.97 Å². The third-order valence-corrected chi connectivity index (χ3v) is 5.58. The molecule has 0 aromatic carbocycles. The number of anilines is 1. The van der Waals surface area contributed by atoms with Crippen molar-refractivity contribution in [1.82, 2.24) is 14.8 Å². The van der Waals surface area contributed by atoms with Crippen molar-refractivity contribution in [2.75, 3.05) is 51.3 Å². The van der Waals surface area contributed by atoms with Gasteiger partial charge in [0, 0.05) is 58.4 Å². The zero-order chi connectivity index (χ0) is 23.9. The van der Waals surface area contributed by atoms with Crippen LogP contribution in [0.1, 0.15) is 57.0 Å². The summed E-state index contributed by atoms with van der Waals surface area (Å²) in [7, 11) is 1.61. The van der Waals surface area contributed by atoms with Crippen LogP contribution < -0.4 is 4.90 Å². The second-order valence-corrected chi connectivity index (χ2v) is 9.00. The van der Waals surface area contributed by atoms with E-state index < -0.39 is 17.6 Å². The Morgan fingerprint density at radius 1 is 1.16 bits per heavy atom. The first-order chi connectivity index (χ1) is 15.0. The standard InChI is InChI=1S/C23H36N4O5/c1-7-8-18-15-20(27-11-9-26(10-12-27)13-14-31-17(2)28)24-16-19(18)21(29)32-22(30)25(6)23(3,4)5/h15-16H,7-14H2,1-6H3. The molecule has 32 heavy (non-hydrogen) atoms. The molecule has 2 rings (SSSR count). The lowest BCUT2D eigenvalue weighted by atomic mass is 10.1. The van der Waals surface area contributed by atoms with Gasteiger partial charge in [-0.15, -0.1) is 0 Å². The summed E-state index contributed by atoms with van der Waals surface area (Å²) in [6.07, 6.45) is 2.37. The van der Waals surface area contributed by atoms with Crippen molar-refractivity contribution >= 4 is 23.8 Å². The van der Waals surface area contributed by atoms with E-state index >= 15 is 0 Å². The summed E-state index contributed by atoms with van der Waals surface area (Å²) >= 11 is 0. The average molecular weight is 449 g/mol. The summed E-state index contributed by atoms with van der Waals surface area (Å²) < 4.78 is 10.1. The van der Waals surface area contributed by atoms with Crippen molar-refractivity contribution in [1.29, 1.82) is 0 Å². The maximum Gasteiger partial charge on any atom is 0.417 e. The van der Waals surface area contributed by atoms with Gasteiger partial charge in [-0.2, -0.15) is 0 Å². The minimum Gasteiger partial charge on any atom is -0.465 e. The lowest BCUT2D eigenvalue weighted by Crippen LogP contribution is -2.47. The molecule has 1 amide bonds. The van der Waals surface area contributed by atoms with Crippen LogP contribution in [0.5, 0.6) is 0 Å². The molecule has 0 unspecified atom stereocenters. The van der Waals surface area contributed by atoms with Crippen molar-refractivity contribution < 1.29 is 23.9 Å². The Kier molecular flexibility index (Phi) is 9.00. The second kappa shape index (κ2) is 11.3. The Bertz CT molecular complexity index is 813. The van der Waals surface area contributed by atoms with E-state index in [4.69, 9.17) is 9.47 Å². The Morgan fingerprint density at radius 2 is 1.81 bits per heavy atom. The van der Waals surface area contributed by atoms with Crippen LogP contribution in [0.25, 0.3) is 0 Å². The summed E-state index contributed by atoms with van der Waals surface area (Å²) in [6.45, 7) is 13.4. The zero-order valence-corrected chi connectivity index (χ0v) is 20.1. The van der Waals surface area contributed by atoms with Gasteiger partial charge in [-0.3, -0.25) is 9.69 Å². The van der Waals surface area contributed by atoms with E-state index in [0.717, 1.165) is 44.0 Å². The molecule has 0 bridgehead atoms. The molecule has 1 aliphatic heterocycles. The van der Waals surface area contributed by atoms with Crippen LogP contribution in [-0.4, -0.2) is 84.7 Å². The molecule has 2 heterocycles. The number of nitrogens with zero attached hydrogens (tertiary/aromatic N) is 4. The Labute approximate surface area is 190 Å². The number of esters is 2. The number of carbonyl (C=O) groups excluding carboxylic acids is 3. The number of aromatic nitrogens is 1. The number of aryl methyl sites for hydroxylation is 1. The first kappa shape index (κ1) is 25.6. The van der Waals surface area contributed by atoms with Gasteiger partial charge in [-0.1, -0.05) is 13.3 Å². The normalized spacial score (nSPS) is 14.8. The van der Waals surface area contributed by atoms with Crippen molar-refractivity contribution in [2.24, 2.45) is 0 Å². The van der Waals surface area contributed by atoms with Gasteiger partial charge in [-0.25, -0.2) is 14.6 Å². The summed E-state index contributed by atoms with van der Waals surface area (Å²) in [6, 6.07) is 1.92. The van der Waals surface area contributed by atoms with E-state index in [0.29, 0.717) is 25.1 Å². The Hall–Kier alpha value is -2.68. The highest BCUT2D eigenvalue weighted by Gasteiger charge is 2.27. The predicted molar refractivity (Wildman–Crippen MR) is 122 cm³/mol. The van der Waals surface area contributed by atoms with Crippen molar-refractivity contribution in [3.8, 4) is 0 Å². The molecule has 0 atom stereocenters. The van der Waals surface area contributed by atoms with Crippen molar-refractivity contribution in [3.63, 3.8) is 0 Å². The fraction of sp³-hybridized carbons (Fsp3) is 0.652. The average Bonchev–Trinajstić information content (AvgIpc) is 2.73. The number of pyridine rings is 1. The summed E-state index contributed by atoms with van der Waals surface area (Å²) in [5, 5.41) is 0. The highest BCUT2D eigenvalue weighted by Crippen LogP contribution is 2.21. The number of ether oxygens (including phenoxy) is 2. The van der Waals surface area contributed by atoms with Crippen LogP contribution in [-0.2, 0) is 20.7 Å². The molecule has 1 fully saturated rings. The molecule has 0 aliphatic carbocycles. The predicted octanol–water partition coefficient (Wildman–Crippen LogP) is 2.73. The SMILES string of the molecule is CCCc1cc(N2CCN(CCOC(C)=O)CC2)ncc1C(=O)OC(=O)N(C)C(C)(C)C. The second-order valence-electron chi connectivity index (χ2n) is 9.00. The summed E-state index contributed by atoms with van der Waals surface area (Å²) in [5.74, 6) is -0.131. The van der Waals surface area contributed by atoms with E-state index in [1.54, 1.807) is 7.05 Å². The lowest BCUT2D eigenvalue weighted by molar-refractivity contribution is -0.141. The van der Waals surface area contributed by atoms with Gasteiger partial charge >= 0.3 is 18.0 Å². The van der Waals surface area contributed by atoms with Crippen molar-refractivity contribution in [3.05, 3.63) is 23.4 Å². The number of hydrogen-bond acceptors (Lipinski definition) is 8. The number of carbonyl (C=O) groups is 3. The molecule has 1 aromatic heterocycles. The van der Waals surface area contributed by atoms with Crippen LogP contribution in [0.2, 0.25) is 0 Å². The highest BCUT2D eigenvalue weighted by atomic mass is 16.6. The molecule has 9 heteroatoms. The van der Waals surface area contributed by atoms with E-state index in [1.165, 1.54) is 18.0 Å². The number of rotatable bonds is 7. The third-order valence-electron chi connectivity index (χ3n) is 5.58. The molecule has 0 N–H and O–H groups in total. The maximum absolute atomic E-state index is 12.7.